The summed E-state index contributed by atoms with van der Waals surface area (Å²) < 4.78 is 0. The van der Waals surface area contributed by atoms with Crippen molar-refractivity contribution in [2.75, 3.05) is 16.8 Å². The Labute approximate surface area is 150 Å². The molecule has 0 radical (unpaired) electrons. The summed E-state index contributed by atoms with van der Waals surface area (Å²) in [5.74, 6) is 0.324. The lowest BCUT2D eigenvalue weighted by Gasteiger charge is -2.15. The normalized spacial score (nSPS) is 14.5. The molecule has 0 spiro atoms. The van der Waals surface area contributed by atoms with E-state index in [0.29, 0.717) is 12.4 Å². The fourth-order valence-corrected chi connectivity index (χ4v) is 3.03. The molecule has 1 aliphatic heterocycles. The Hall–Kier alpha value is -3.41. The largest absolute Gasteiger partial charge is 0.324 e. The van der Waals surface area contributed by atoms with Crippen molar-refractivity contribution in [3.05, 3.63) is 60.2 Å². The fourth-order valence-electron chi connectivity index (χ4n) is 3.03. The number of anilines is 2. The van der Waals surface area contributed by atoms with Crippen LogP contribution in [0.15, 0.2) is 54.6 Å². The lowest BCUT2D eigenvalue weighted by molar-refractivity contribution is -0.117. The first-order chi connectivity index (χ1) is 12.7. The molecule has 0 saturated carbocycles. The summed E-state index contributed by atoms with van der Waals surface area (Å²) >= 11 is 0. The minimum absolute atomic E-state index is 0.165. The predicted molar refractivity (Wildman–Crippen MR) is 102 cm³/mol. The molecule has 0 aliphatic carbocycles. The smallest absolute Gasteiger partial charge is 0.250 e. The van der Waals surface area contributed by atoms with Crippen LogP contribution in [0.2, 0.25) is 0 Å². The lowest BCUT2D eigenvalue weighted by Crippen LogP contribution is -2.23. The Morgan fingerprint density at radius 1 is 1.15 bits per heavy atom. The van der Waals surface area contributed by atoms with Crippen molar-refractivity contribution in [3.63, 3.8) is 0 Å². The van der Waals surface area contributed by atoms with Crippen molar-refractivity contribution in [2.45, 2.75) is 12.8 Å². The van der Waals surface area contributed by atoms with Crippen molar-refractivity contribution in [1.82, 2.24) is 9.97 Å². The van der Waals surface area contributed by atoms with E-state index >= 15 is 0 Å². The van der Waals surface area contributed by atoms with Gasteiger partial charge in [-0.05, 0) is 42.3 Å². The van der Waals surface area contributed by atoms with Gasteiger partial charge in [0.15, 0.2) is 0 Å². The van der Waals surface area contributed by atoms with Crippen LogP contribution in [0.1, 0.15) is 18.4 Å². The van der Waals surface area contributed by atoms with E-state index in [4.69, 9.17) is 0 Å². The van der Waals surface area contributed by atoms with E-state index in [1.165, 1.54) is 6.08 Å². The van der Waals surface area contributed by atoms with Crippen LogP contribution in [0.4, 0.5) is 11.6 Å². The quantitative estimate of drug-likeness (QED) is 0.711. The number of nitrogens with zero attached hydrogens (tertiary/aromatic N) is 2. The van der Waals surface area contributed by atoms with Gasteiger partial charge in [0.1, 0.15) is 0 Å². The van der Waals surface area contributed by atoms with Crippen molar-refractivity contribution in [2.24, 2.45) is 0 Å². The molecule has 2 amide bonds. The standard InChI is InChI=1S/C20H18N4O2/c25-18(23-20-21-16-4-1-2-5-17(16)22-20)12-9-14-7-10-15(11-8-14)24-13-3-6-19(24)26/h1-2,4-5,7-12H,3,6,13H2,(H2,21,22,23,25)/b12-9+. The maximum atomic E-state index is 12.1. The molecule has 6 heteroatoms. The van der Waals surface area contributed by atoms with E-state index in [9.17, 15) is 9.59 Å². The third-order valence-corrected chi connectivity index (χ3v) is 4.34. The zero-order valence-corrected chi connectivity index (χ0v) is 14.1. The number of aromatic nitrogens is 2. The molecule has 1 fully saturated rings. The third kappa shape index (κ3) is 3.35. The van der Waals surface area contributed by atoms with Gasteiger partial charge >= 0.3 is 0 Å². The first kappa shape index (κ1) is 16.1. The third-order valence-electron chi connectivity index (χ3n) is 4.34. The molecule has 2 heterocycles. The van der Waals surface area contributed by atoms with Crippen molar-refractivity contribution >= 4 is 40.6 Å². The number of rotatable bonds is 4. The Balaban J connectivity index is 1.40. The Morgan fingerprint density at radius 2 is 1.96 bits per heavy atom. The van der Waals surface area contributed by atoms with E-state index in [1.807, 2.05) is 48.5 Å². The molecular formula is C20H18N4O2. The van der Waals surface area contributed by atoms with Crippen molar-refractivity contribution in [1.29, 1.82) is 0 Å². The number of hydrogen-bond donors (Lipinski definition) is 2. The van der Waals surface area contributed by atoms with Crippen LogP contribution in [0.3, 0.4) is 0 Å². The summed E-state index contributed by atoms with van der Waals surface area (Å²) in [5, 5.41) is 2.72. The van der Waals surface area contributed by atoms with Crippen molar-refractivity contribution < 1.29 is 9.59 Å². The number of aromatic amines is 1. The second kappa shape index (κ2) is 6.84. The van der Waals surface area contributed by atoms with Gasteiger partial charge < -0.3 is 9.88 Å². The highest BCUT2D eigenvalue weighted by Gasteiger charge is 2.21. The number of H-pyrrole nitrogens is 1. The number of carbonyl (C=O) groups is 2. The Kier molecular flexibility index (Phi) is 4.23. The molecule has 6 nitrogen and oxygen atoms in total. The SMILES string of the molecule is O=C(/C=C/c1ccc(N2CCCC2=O)cc1)Nc1nc2ccccc2[nH]1. The summed E-state index contributed by atoms with van der Waals surface area (Å²) in [6.45, 7) is 0.772. The van der Waals surface area contributed by atoms with E-state index in [-0.39, 0.29) is 11.8 Å². The first-order valence-corrected chi connectivity index (χ1v) is 8.53. The van der Waals surface area contributed by atoms with Gasteiger partial charge in [0, 0.05) is 24.7 Å². The number of amides is 2. The number of hydrogen-bond acceptors (Lipinski definition) is 3. The van der Waals surface area contributed by atoms with Gasteiger partial charge in [-0.25, -0.2) is 4.98 Å². The summed E-state index contributed by atoms with van der Waals surface area (Å²) in [6, 6.07) is 15.2. The summed E-state index contributed by atoms with van der Waals surface area (Å²) in [5.41, 5.74) is 3.47. The van der Waals surface area contributed by atoms with E-state index in [2.05, 4.69) is 15.3 Å². The minimum atomic E-state index is -0.261. The molecule has 2 N–H and O–H groups in total. The van der Waals surface area contributed by atoms with Gasteiger partial charge in [0.2, 0.25) is 11.9 Å². The molecule has 130 valence electrons. The number of benzene rings is 2. The van der Waals surface area contributed by atoms with E-state index in [0.717, 1.165) is 35.2 Å². The van der Waals surface area contributed by atoms with Crippen molar-refractivity contribution in [3.8, 4) is 0 Å². The van der Waals surface area contributed by atoms with Crippen LogP contribution in [0.25, 0.3) is 17.1 Å². The van der Waals surface area contributed by atoms with Gasteiger partial charge in [-0.2, -0.15) is 0 Å². The maximum Gasteiger partial charge on any atom is 0.250 e. The van der Waals surface area contributed by atoms with Crippen LogP contribution in [-0.2, 0) is 9.59 Å². The highest BCUT2D eigenvalue weighted by molar-refractivity contribution is 6.01. The van der Waals surface area contributed by atoms with Gasteiger partial charge in [-0.1, -0.05) is 24.3 Å². The molecule has 1 aromatic heterocycles. The van der Waals surface area contributed by atoms with Gasteiger partial charge in [-0.15, -0.1) is 0 Å². The summed E-state index contributed by atoms with van der Waals surface area (Å²) in [4.78, 5) is 33.0. The van der Waals surface area contributed by atoms with Gasteiger partial charge in [0.25, 0.3) is 5.91 Å². The zero-order valence-electron chi connectivity index (χ0n) is 14.1. The zero-order chi connectivity index (χ0) is 17.9. The van der Waals surface area contributed by atoms with Crippen LogP contribution >= 0.6 is 0 Å². The second-order valence-corrected chi connectivity index (χ2v) is 6.17. The average molecular weight is 346 g/mol. The topological polar surface area (TPSA) is 78.1 Å². The predicted octanol–water partition coefficient (Wildman–Crippen LogP) is 3.34. The first-order valence-electron chi connectivity index (χ1n) is 8.53. The summed E-state index contributed by atoms with van der Waals surface area (Å²) in [7, 11) is 0. The molecule has 26 heavy (non-hydrogen) atoms. The number of carbonyl (C=O) groups excluding carboxylic acids is 2. The molecule has 0 bridgehead atoms. The van der Waals surface area contributed by atoms with Crippen LogP contribution in [0.5, 0.6) is 0 Å². The number of imidazole rings is 1. The number of fused-ring (bicyclic) bond motifs is 1. The van der Waals surface area contributed by atoms with Crippen LogP contribution < -0.4 is 10.2 Å². The molecule has 2 aromatic carbocycles. The van der Waals surface area contributed by atoms with Crippen LogP contribution in [-0.4, -0.2) is 28.3 Å². The molecule has 3 aromatic rings. The monoisotopic (exact) mass is 346 g/mol. The van der Waals surface area contributed by atoms with Crippen LogP contribution in [0, 0.1) is 0 Å². The molecule has 1 aliphatic rings. The Bertz CT molecular complexity index is 955. The summed E-state index contributed by atoms with van der Waals surface area (Å²) in [6.07, 6.45) is 4.71. The average Bonchev–Trinajstić information content (AvgIpc) is 3.25. The lowest BCUT2D eigenvalue weighted by atomic mass is 10.2. The van der Waals surface area contributed by atoms with Gasteiger partial charge in [0.05, 0.1) is 11.0 Å². The molecule has 4 rings (SSSR count). The highest BCUT2D eigenvalue weighted by Crippen LogP contribution is 2.22. The molecule has 1 saturated heterocycles. The molecular weight excluding hydrogens is 328 g/mol. The second-order valence-electron chi connectivity index (χ2n) is 6.17. The number of para-hydroxylation sites is 2. The molecule has 0 atom stereocenters. The minimum Gasteiger partial charge on any atom is -0.324 e. The van der Waals surface area contributed by atoms with E-state index in [1.54, 1.807) is 11.0 Å². The van der Waals surface area contributed by atoms with Gasteiger partial charge in [-0.3, -0.25) is 14.9 Å². The molecule has 0 unspecified atom stereocenters. The fraction of sp³-hybridized carbons (Fsp3) is 0.150. The Morgan fingerprint density at radius 3 is 2.69 bits per heavy atom. The highest BCUT2D eigenvalue weighted by atomic mass is 16.2. The number of nitrogens with one attached hydrogen (secondary N) is 2. The van der Waals surface area contributed by atoms with E-state index < -0.39 is 0 Å². The maximum absolute atomic E-state index is 12.1.